The van der Waals surface area contributed by atoms with Gasteiger partial charge in [-0.1, -0.05) is 24.3 Å². The van der Waals surface area contributed by atoms with Crippen LogP contribution in [0.3, 0.4) is 0 Å². The third kappa shape index (κ3) is 4.61. The number of hydrogen-bond donors (Lipinski definition) is 0. The van der Waals surface area contributed by atoms with E-state index in [0.717, 1.165) is 37.3 Å². The highest BCUT2D eigenvalue weighted by Gasteiger charge is 2.41. The number of amides is 2. The Morgan fingerprint density at radius 1 is 0.711 bits per heavy atom. The maximum Gasteiger partial charge on any atom is 0.270 e. The molecule has 1 saturated heterocycles. The van der Waals surface area contributed by atoms with E-state index in [1.807, 2.05) is 82.3 Å². The van der Waals surface area contributed by atoms with Crippen molar-refractivity contribution in [3.8, 4) is 5.69 Å². The smallest absolute Gasteiger partial charge is 0.270 e. The van der Waals surface area contributed by atoms with Crippen molar-refractivity contribution in [3.63, 3.8) is 0 Å². The Morgan fingerprint density at radius 3 is 1.95 bits per heavy atom. The summed E-state index contributed by atoms with van der Waals surface area (Å²) < 4.78 is 3.28. The van der Waals surface area contributed by atoms with Crippen LogP contribution in [-0.4, -0.2) is 21.5 Å². The Morgan fingerprint density at radius 2 is 1.32 bits per heavy atom. The molecule has 190 valence electrons. The van der Waals surface area contributed by atoms with Crippen molar-refractivity contribution in [2.45, 2.75) is 27.7 Å². The first-order chi connectivity index (χ1) is 18.2. The number of para-hydroxylation sites is 1. The monoisotopic (exact) mass is 631 g/mol. The fourth-order valence-electron chi connectivity index (χ4n) is 4.70. The average molecular weight is 632 g/mol. The summed E-state index contributed by atoms with van der Waals surface area (Å²) in [5.41, 5.74) is 7.22. The summed E-state index contributed by atoms with van der Waals surface area (Å²) >= 11 is 8.05. The van der Waals surface area contributed by atoms with Gasteiger partial charge in [-0.05, 0) is 140 Å². The second-order valence-corrected chi connectivity index (χ2v) is 11.0. The Balaban J connectivity index is 1.66. The van der Waals surface area contributed by atoms with Gasteiger partial charge in [-0.3, -0.25) is 19.4 Å². The lowest BCUT2D eigenvalue weighted by atomic mass is 10.0. The molecule has 0 aliphatic carbocycles. The molecule has 38 heavy (non-hydrogen) atoms. The van der Waals surface area contributed by atoms with Gasteiger partial charge >= 0.3 is 0 Å². The minimum atomic E-state index is -0.439. The third-order valence-corrected chi connectivity index (χ3v) is 7.95. The van der Waals surface area contributed by atoms with E-state index >= 15 is 0 Å². The number of hydrogen-bond acceptors (Lipinski definition) is 3. The highest BCUT2D eigenvalue weighted by Crippen LogP contribution is 2.32. The van der Waals surface area contributed by atoms with Crippen molar-refractivity contribution in [3.05, 3.63) is 116 Å². The molecular formula is C31H26IN3O2S. The molecule has 1 aromatic heterocycles. The number of halogens is 1. The number of nitrogens with zero attached hydrogens (tertiary/aromatic N) is 3. The molecule has 0 N–H and O–H groups in total. The van der Waals surface area contributed by atoms with Gasteiger partial charge in [0, 0.05) is 20.6 Å². The highest BCUT2D eigenvalue weighted by atomic mass is 127. The molecule has 2 heterocycles. The average Bonchev–Trinajstić information content (AvgIpc) is 3.17. The lowest BCUT2D eigenvalue weighted by molar-refractivity contribution is -0.120. The molecule has 3 aromatic carbocycles. The number of carbonyl (C=O) groups is 2. The lowest BCUT2D eigenvalue weighted by Gasteiger charge is -2.36. The van der Waals surface area contributed by atoms with Gasteiger partial charge in [-0.25, -0.2) is 0 Å². The molecule has 4 aromatic rings. The van der Waals surface area contributed by atoms with Crippen LogP contribution in [-0.2, 0) is 9.59 Å². The molecule has 1 aliphatic heterocycles. The summed E-state index contributed by atoms with van der Waals surface area (Å²) in [5, 5.41) is 0.135. The molecule has 0 saturated carbocycles. The van der Waals surface area contributed by atoms with Gasteiger partial charge in [0.1, 0.15) is 5.57 Å². The number of carbonyl (C=O) groups excluding carboxylic acids is 2. The maximum absolute atomic E-state index is 13.9. The topological polar surface area (TPSA) is 45.6 Å². The molecule has 0 bridgehead atoms. The van der Waals surface area contributed by atoms with E-state index in [1.165, 1.54) is 9.80 Å². The summed E-state index contributed by atoms with van der Waals surface area (Å²) in [7, 11) is 0. The standard InChI is InChI=1S/C31H26IN3O2S/c1-19-10-13-27(16-20(19)2)35-30(37)28(29(36)34(31(35)38)25-8-6-5-7-9-25)18-23-17-21(3)33(22(23)4)26-14-11-24(32)12-15-26/h5-18H,1-4H3. The van der Waals surface area contributed by atoms with Gasteiger partial charge in [-0.2, -0.15) is 0 Å². The molecule has 2 amide bonds. The Labute approximate surface area is 241 Å². The first-order valence-electron chi connectivity index (χ1n) is 12.2. The molecule has 0 radical (unpaired) electrons. The lowest BCUT2D eigenvalue weighted by Crippen LogP contribution is -2.57. The van der Waals surface area contributed by atoms with E-state index in [0.29, 0.717) is 11.4 Å². The van der Waals surface area contributed by atoms with Crippen LogP contribution in [0, 0.1) is 31.3 Å². The number of anilines is 2. The van der Waals surface area contributed by atoms with E-state index in [-0.39, 0.29) is 10.7 Å². The van der Waals surface area contributed by atoms with Crippen LogP contribution in [0.25, 0.3) is 11.8 Å². The van der Waals surface area contributed by atoms with Crippen LogP contribution in [0.2, 0.25) is 0 Å². The molecular weight excluding hydrogens is 605 g/mol. The molecule has 5 nitrogen and oxygen atoms in total. The minimum Gasteiger partial charge on any atom is -0.318 e. The van der Waals surface area contributed by atoms with Gasteiger partial charge in [0.25, 0.3) is 11.8 Å². The van der Waals surface area contributed by atoms with Crippen LogP contribution >= 0.6 is 34.8 Å². The summed E-state index contributed by atoms with van der Waals surface area (Å²) in [6.07, 6.45) is 1.70. The van der Waals surface area contributed by atoms with Gasteiger partial charge in [0.05, 0.1) is 11.4 Å². The summed E-state index contributed by atoms with van der Waals surface area (Å²) in [5.74, 6) is -0.875. The van der Waals surface area contributed by atoms with Gasteiger partial charge in [0.2, 0.25) is 0 Å². The quantitative estimate of drug-likeness (QED) is 0.105. The third-order valence-electron chi connectivity index (χ3n) is 6.87. The van der Waals surface area contributed by atoms with Crippen LogP contribution < -0.4 is 9.80 Å². The predicted octanol–water partition coefficient (Wildman–Crippen LogP) is 7.06. The Hall–Kier alpha value is -3.56. The number of rotatable bonds is 4. The largest absolute Gasteiger partial charge is 0.318 e. The van der Waals surface area contributed by atoms with Crippen molar-refractivity contribution in [2.24, 2.45) is 0 Å². The molecule has 1 fully saturated rings. The van der Waals surface area contributed by atoms with Crippen LogP contribution in [0.4, 0.5) is 11.4 Å². The second kappa shape index (κ2) is 10.3. The summed E-state index contributed by atoms with van der Waals surface area (Å²) in [4.78, 5) is 30.7. The fraction of sp³-hybridized carbons (Fsp3) is 0.129. The minimum absolute atomic E-state index is 0.0588. The van der Waals surface area contributed by atoms with Crippen LogP contribution in [0.5, 0.6) is 0 Å². The Bertz CT molecular complexity index is 1620. The number of benzene rings is 3. The van der Waals surface area contributed by atoms with E-state index in [2.05, 4.69) is 51.4 Å². The van der Waals surface area contributed by atoms with Crippen molar-refractivity contribution in [2.75, 3.05) is 9.80 Å². The zero-order valence-corrected chi connectivity index (χ0v) is 24.5. The van der Waals surface area contributed by atoms with E-state index in [1.54, 1.807) is 6.08 Å². The van der Waals surface area contributed by atoms with Crippen molar-refractivity contribution >= 4 is 69.2 Å². The van der Waals surface area contributed by atoms with Crippen molar-refractivity contribution in [1.82, 2.24) is 4.57 Å². The normalized spacial score (nSPS) is 15.1. The number of aryl methyl sites for hydroxylation is 3. The van der Waals surface area contributed by atoms with Gasteiger partial charge in [-0.15, -0.1) is 0 Å². The Kier molecular flexibility index (Phi) is 7.07. The van der Waals surface area contributed by atoms with E-state index in [4.69, 9.17) is 12.2 Å². The van der Waals surface area contributed by atoms with Crippen molar-refractivity contribution < 1.29 is 9.59 Å². The first-order valence-corrected chi connectivity index (χ1v) is 13.7. The molecule has 0 spiro atoms. The molecule has 1 aliphatic rings. The van der Waals surface area contributed by atoms with Crippen molar-refractivity contribution in [1.29, 1.82) is 0 Å². The second-order valence-electron chi connectivity index (χ2n) is 9.36. The zero-order valence-electron chi connectivity index (χ0n) is 21.5. The summed E-state index contributed by atoms with van der Waals surface area (Å²) in [6, 6.07) is 25.2. The highest BCUT2D eigenvalue weighted by molar-refractivity contribution is 14.1. The van der Waals surface area contributed by atoms with Gasteiger partial charge in [0.15, 0.2) is 5.11 Å². The van der Waals surface area contributed by atoms with Crippen LogP contribution in [0.15, 0.2) is 84.4 Å². The number of thiocarbonyl (C=S) groups is 1. The van der Waals surface area contributed by atoms with E-state index < -0.39 is 11.8 Å². The zero-order chi connectivity index (χ0) is 27.1. The van der Waals surface area contributed by atoms with E-state index in [9.17, 15) is 9.59 Å². The molecule has 7 heteroatoms. The number of aromatic nitrogens is 1. The predicted molar refractivity (Wildman–Crippen MR) is 166 cm³/mol. The van der Waals surface area contributed by atoms with Gasteiger partial charge < -0.3 is 4.57 Å². The molecule has 0 atom stereocenters. The summed E-state index contributed by atoms with van der Waals surface area (Å²) in [6.45, 7) is 8.02. The molecule has 0 unspecified atom stereocenters. The SMILES string of the molecule is Cc1ccc(N2C(=O)C(=Cc3cc(C)n(-c4ccc(I)cc4)c3C)C(=O)N(c3ccccc3)C2=S)cc1C. The molecule has 5 rings (SSSR count). The fourth-order valence-corrected chi connectivity index (χ4v) is 5.44. The first kappa shape index (κ1) is 26.1. The van der Waals surface area contributed by atoms with Crippen LogP contribution in [0.1, 0.15) is 28.1 Å². The maximum atomic E-state index is 13.9.